The minimum Gasteiger partial charge on any atom is -0.338 e. The Kier molecular flexibility index (Phi) is 5.73. The molecule has 0 aliphatic heterocycles. The fourth-order valence-electron chi connectivity index (χ4n) is 3.07. The number of benzene rings is 3. The van der Waals surface area contributed by atoms with Gasteiger partial charge in [-0.2, -0.15) is 0 Å². The molecule has 0 saturated carbocycles. The van der Waals surface area contributed by atoms with Crippen molar-refractivity contribution in [1.82, 2.24) is 9.97 Å². The average Bonchev–Trinajstić information content (AvgIpc) is 3.18. The first-order valence-electron chi connectivity index (χ1n) is 9.87. The van der Waals surface area contributed by atoms with E-state index in [1.165, 1.54) is 0 Å². The number of hydrogen-bond acceptors (Lipinski definition) is 3. The fraction of sp³-hybridized carbons (Fsp3) is 0.125. The van der Waals surface area contributed by atoms with E-state index >= 15 is 0 Å². The number of imidazole rings is 1. The zero-order chi connectivity index (χ0) is 22.0. The van der Waals surface area contributed by atoms with E-state index in [2.05, 4.69) is 20.6 Å². The summed E-state index contributed by atoms with van der Waals surface area (Å²) in [6, 6.07) is 19.8. The molecule has 0 aliphatic carbocycles. The summed E-state index contributed by atoms with van der Waals surface area (Å²) in [5, 5.41) is 6.14. The lowest BCUT2D eigenvalue weighted by Crippen LogP contribution is -2.17. The van der Waals surface area contributed by atoms with Gasteiger partial charge in [-0.25, -0.2) is 4.98 Å². The number of H-pyrrole nitrogens is 1. The van der Waals surface area contributed by atoms with Crippen LogP contribution in [-0.4, -0.2) is 21.8 Å². The number of amides is 2. The zero-order valence-corrected chi connectivity index (χ0v) is 17.8. The predicted octanol–water partition coefficient (Wildman–Crippen LogP) is 5.73. The molecule has 0 saturated heterocycles. The molecule has 6 nitrogen and oxygen atoms in total. The van der Waals surface area contributed by atoms with Crippen LogP contribution in [0.2, 0.25) is 5.02 Å². The maximum absolute atomic E-state index is 12.4. The molecular weight excluding hydrogens is 412 g/mol. The number of nitrogens with one attached hydrogen (secondary N) is 3. The standard InChI is InChI=1S/C24H21ClN4O2/c1-14(2)23(30)27-17-11-12-20-21(13-17)29-22(28-20)15-7-9-16(10-8-15)26-24(31)18-5-3-4-6-19(18)25/h3-14H,1-2H3,(H,26,31)(H,27,30)(H,28,29). The van der Waals surface area contributed by atoms with E-state index in [-0.39, 0.29) is 17.7 Å². The van der Waals surface area contributed by atoms with Crippen LogP contribution in [0, 0.1) is 5.92 Å². The highest BCUT2D eigenvalue weighted by Gasteiger charge is 2.12. The summed E-state index contributed by atoms with van der Waals surface area (Å²) in [6.07, 6.45) is 0. The number of fused-ring (bicyclic) bond motifs is 1. The molecule has 0 fully saturated rings. The molecule has 31 heavy (non-hydrogen) atoms. The molecule has 7 heteroatoms. The Balaban J connectivity index is 1.51. The highest BCUT2D eigenvalue weighted by atomic mass is 35.5. The van der Waals surface area contributed by atoms with Crippen LogP contribution in [0.5, 0.6) is 0 Å². The van der Waals surface area contributed by atoms with Crippen molar-refractivity contribution in [3.63, 3.8) is 0 Å². The van der Waals surface area contributed by atoms with Crippen LogP contribution in [0.15, 0.2) is 66.7 Å². The highest BCUT2D eigenvalue weighted by Crippen LogP contribution is 2.25. The van der Waals surface area contributed by atoms with Crippen molar-refractivity contribution < 1.29 is 9.59 Å². The Hall–Kier alpha value is -3.64. The van der Waals surface area contributed by atoms with Crippen molar-refractivity contribution in [1.29, 1.82) is 0 Å². The highest BCUT2D eigenvalue weighted by molar-refractivity contribution is 6.34. The first kappa shape index (κ1) is 20.6. The lowest BCUT2D eigenvalue weighted by molar-refractivity contribution is -0.118. The maximum Gasteiger partial charge on any atom is 0.257 e. The van der Waals surface area contributed by atoms with Crippen LogP contribution in [-0.2, 0) is 4.79 Å². The molecule has 3 aromatic carbocycles. The van der Waals surface area contributed by atoms with Gasteiger partial charge >= 0.3 is 0 Å². The van der Waals surface area contributed by atoms with Gasteiger partial charge in [0.2, 0.25) is 5.91 Å². The van der Waals surface area contributed by atoms with Gasteiger partial charge < -0.3 is 15.6 Å². The second-order valence-corrected chi connectivity index (χ2v) is 7.88. The Morgan fingerprint density at radius 3 is 2.35 bits per heavy atom. The number of aromatic nitrogens is 2. The molecule has 4 aromatic rings. The number of anilines is 2. The van der Waals surface area contributed by atoms with Crippen LogP contribution in [0.4, 0.5) is 11.4 Å². The number of halogens is 1. The van der Waals surface area contributed by atoms with Crippen molar-refractivity contribution in [2.75, 3.05) is 10.6 Å². The smallest absolute Gasteiger partial charge is 0.257 e. The van der Waals surface area contributed by atoms with Crippen LogP contribution in [0.1, 0.15) is 24.2 Å². The molecule has 2 amide bonds. The summed E-state index contributed by atoms with van der Waals surface area (Å²) in [6.45, 7) is 3.70. The summed E-state index contributed by atoms with van der Waals surface area (Å²) in [5.74, 6) is 0.308. The van der Waals surface area contributed by atoms with Crippen molar-refractivity contribution in [2.45, 2.75) is 13.8 Å². The van der Waals surface area contributed by atoms with Crippen LogP contribution < -0.4 is 10.6 Å². The van der Waals surface area contributed by atoms with Gasteiger partial charge in [0.05, 0.1) is 21.6 Å². The summed E-state index contributed by atoms with van der Waals surface area (Å²) >= 11 is 6.09. The molecule has 0 bridgehead atoms. The lowest BCUT2D eigenvalue weighted by Gasteiger charge is -2.07. The Bertz CT molecular complexity index is 1260. The molecule has 156 valence electrons. The molecule has 3 N–H and O–H groups in total. The van der Waals surface area contributed by atoms with Gasteiger partial charge in [0, 0.05) is 22.9 Å². The number of hydrogen-bond donors (Lipinski definition) is 3. The molecule has 0 aliphatic rings. The molecule has 0 spiro atoms. The molecule has 1 heterocycles. The summed E-state index contributed by atoms with van der Waals surface area (Å²) < 4.78 is 0. The first-order valence-corrected chi connectivity index (χ1v) is 10.3. The number of carbonyl (C=O) groups is 2. The van der Waals surface area contributed by atoms with Crippen LogP contribution in [0.3, 0.4) is 0 Å². The molecule has 1 aromatic heterocycles. The first-order chi connectivity index (χ1) is 14.9. The lowest BCUT2D eigenvalue weighted by atomic mass is 10.1. The molecule has 0 atom stereocenters. The second-order valence-electron chi connectivity index (χ2n) is 7.47. The molecular formula is C24H21ClN4O2. The van der Waals surface area contributed by atoms with Crippen LogP contribution in [0.25, 0.3) is 22.4 Å². The third-order valence-corrected chi connectivity index (χ3v) is 5.14. The summed E-state index contributed by atoms with van der Waals surface area (Å²) in [5.41, 5.74) is 4.30. The molecule has 0 radical (unpaired) electrons. The number of rotatable bonds is 5. The fourth-order valence-corrected chi connectivity index (χ4v) is 3.29. The predicted molar refractivity (Wildman–Crippen MR) is 124 cm³/mol. The summed E-state index contributed by atoms with van der Waals surface area (Å²) in [4.78, 5) is 32.2. The monoisotopic (exact) mass is 432 g/mol. The van der Waals surface area contributed by atoms with Gasteiger partial charge in [-0.15, -0.1) is 0 Å². The number of aromatic amines is 1. The Morgan fingerprint density at radius 2 is 1.65 bits per heavy atom. The minimum absolute atomic E-state index is 0.0338. The summed E-state index contributed by atoms with van der Waals surface area (Å²) in [7, 11) is 0. The van der Waals surface area contributed by atoms with E-state index in [0.29, 0.717) is 22.1 Å². The van der Waals surface area contributed by atoms with Crippen LogP contribution >= 0.6 is 11.6 Å². The largest absolute Gasteiger partial charge is 0.338 e. The van der Waals surface area contributed by atoms with E-state index in [9.17, 15) is 9.59 Å². The van der Waals surface area contributed by atoms with Crippen molar-refractivity contribution in [3.05, 3.63) is 77.3 Å². The van der Waals surface area contributed by atoms with Gasteiger partial charge in [-0.1, -0.05) is 37.6 Å². The van der Waals surface area contributed by atoms with E-state index in [0.717, 1.165) is 22.3 Å². The van der Waals surface area contributed by atoms with E-state index in [4.69, 9.17) is 11.6 Å². The Labute approximate surface area is 184 Å². The average molecular weight is 433 g/mol. The van der Waals surface area contributed by atoms with Crippen molar-refractivity contribution in [2.24, 2.45) is 5.92 Å². The van der Waals surface area contributed by atoms with E-state index in [1.54, 1.807) is 24.3 Å². The van der Waals surface area contributed by atoms with E-state index in [1.807, 2.05) is 56.3 Å². The third-order valence-electron chi connectivity index (χ3n) is 4.81. The second kappa shape index (κ2) is 8.62. The topological polar surface area (TPSA) is 86.9 Å². The number of nitrogens with zero attached hydrogens (tertiary/aromatic N) is 1. The normalized spacial score (nSPS) is 11.0. The van der Waals surface area contributed by atoms with Crippen molar-refractivity contribution in [3.8, 4) is 11.4 Å². The van der Waals surface area contributed by atoms with E-state index < -0.39 is 0 Å². The third kappa shape index (κ3) is 4.59. The quantitative estimate of drug-likeness (QED) is 0.376. The minimum atomic E-state index is -0.266. The molecule has 0 unspecified atom stereocenters. The van der Waals surface area contributed by atoms with Crippen molar-refractivity contribution >= 4 is 45.8 Å². The van der Waals surface area contributed by atoms with Gasteiger partial charge in [0.25, 0.3) is 5.91 Å². The Morgan fingerprint density at radius 1 is 0.935 bits per heavy atom. The zero-order valence-electron chi connectivity index (χ0n) is 17.1. The molecule has 4 rings (SSSR count). The van der Waals surface area contributed by atoms with Gasteiger partial charge in [-0.05, 0) is 54.6 Å². The maximum atomic E-state index is 12.4. The van der Waals surface area contributed by atoms with Gasteiger partial charge in [-0.3, -0.25) is 9.59 Å². The SMILES string of the molecule is CC(C)C(=O)Nc1ccc2nc(-c3ccc(NC(=O)c4ccccc4Cl)cc3)[nH]c2c1. The van der Waals surface area contributed by atoms with Gasteiger partial charge in [0.15, 0.2) is 0 Å². The number of carbonyl (C=O) groups excluding carboxylic acids is 2. The van der Waals surface area contributed by atoms with Gasteiger partial charge in [0.1, 0.15) is 5.82 Å².